The number of anilines is 1. The molecule has 1 amide bonds. The van der Waals surface area contributed by atoms with E-state index in [4.69, 9.17) is 4.74 Å². The number of fused-ring (bicyclic) bond motifs is 1. The standard InChI is InChI=1S/C24H29N3O3/c1-26-12-14-27(15-13-26)22-5-3-4-17-10-11-20(16-21(17)22)25-23(28)18-6-8-19(9-7-18)24(29)30-2/h6-11,16,22H,3-5,12-15H2,1-2H3,(H,25,28). The van der Waals surface area contributed by atoms with Crippen LogP contribution >= 0.6 is 0 Å². The van der Waals surface area contributed by atoms with Crippen molar-refractivity contribution in [3.05, 3.63) is 64.7 Å². The van der Waals surface area contributed by atoms with Gasteiger partial charge in [0.05, 0.1) is 12.7 Å². The number of methoxy groups -OCH3 is 1. The van der Waals surface area contributed by atoms with Crippen LogP contribution < -0.4 is 5.32 Å². The predicted octanol–water partition coefficient (Wildman–Crippen LogP) is 3.35. The maximum absolute atomic E-state index is 12.7. The summed E-state index contributed by atoms with van der Waals surface area (Å²) < 4.78 is 4.70. The Balaban J connectivity index is 1.50. The van der Waals surface area contributed by atoms with Crippen molar-refractivity contribution in [1.82, 2.24) is 9.80 Å². The van der Waals surface area contributed by atoms with Gasteiger partial charge in [-0.15, -0.1) is 0 Å². The molecule has 4 rings (SSSR count). The number of esters is 1. The summed E-state index contributed by atoms with van der Waals surface area (Å²) in [5.41, 5.74) is 4.50. The molecule has 158 valence electrons. The lowest BCUT2D eigenvalue weighted by molar-refractivity contribution is 0.0600. The third kappa shape index (κ3) is 4.40. The fraction of sp³-hybridized carbons (Fsp3) is 0.417. The number of ether oxygens (including phenoxy) is 1. The summed E-state index contributed by atoms with van der Waals surface area (Å²) in [7, 11) is 3.52. The topological polar surface area (TPSA) is 61.9 Å². The molecule has 0 radical (unpaired) electrons. The molecule has 6 heteroatoms. The number of carbonyl (C=O) groups is 2. The number of hydrogen-bond donors (Lipinski definition) is 1. The van der Waals surface area contributed by atoms with Crippen molar-refractivity contribution in [1.29, 1.82) is 0 Å². The summed E-state index contributed by atoms with van der Waals surface area (Å²) >= 11 is 0. The van der Waals surface area contributed by atoms with Crippen LogP contribution in [0.2, 0.25) is 0 Å². The first kappa shape index (κ1) is 20.6. The van der Waals surface area contributed by atoms with Crippen LogP contribution in [-0.2, 0) is 11.2 Å². The van der Waals surface area contributed by atoms with Gasteiger partial charge >= 0.3 is 5.97 Å². The normalized spacial score (nSPS) is 19.7. The summed E-state index contributed by atoms with van der Waals surface area (Å²) in [5, 5.41) is 3.02. The third-order valence-corrected chi connectivity index (χ3v) is 6.23. The van der Waals surface area contributed by atoms with Gasteiger partial charge in [0.15, 0.2) is 0 Å². The predicted molar refractivity (Wildman–Crippen MR) is 117 cm³/mol. The fourth-order valence-corrected chi connectivity index (χ4v) is 4.44. The van der Waals surface area contributed by atoms with E-state index in [0.29, 0.717) is 17.2 Å². The van der Waals surface area contributed by atoms with Gasteiger partial charge in [-0.1, -0.05) is 6.07 Å². The monoisotopic (exact) mass is 407 g/mol. The highest BCUT2D eigenvalue weighted by Gasteiger charge is 2.28. The number of nitrogens with zero attached hydrogens (tertiary/aromatic N) is 2. The van der Waals surface area contributed by atoms with Crippen molar-refractivity contribution in [2.45, 2.75) is 25.3 Å². The van der Waals surface area contributed by atoms with Crippen molar-refractivity contribution in [3.8, 4) is 0 Å². The fourth-order valence-electron chi connectivity index (χ4n) is 4.44. The number of benzene rings is 2. The van der Waals surface area contributed by atoms with E-state index in [1.54, 1.807) is 24.3 Å². The van der Waals surface area contributed by atoms with Crippen LogP contribution in [0.25, 0.3) is 0 Å². The molecule has 30 heavy (non-hydrogen) atoms. The van der Waals surface area contributed by atoms with Crippen LogP contribution in [0.4, 0.5) is 5.69 Å². The van der Waals surface area contributed by atoms with Gasteiger partial charge in [0.1, 0.15) is 0 Å². The van der Waals surface area contributed by atoms with E-state index in [1.165, 1.54) is 31.1 Å². The van der Waals surface area contributed by atoms with E-state index >= 15 is 0 Å². The molecule has 6 nitrogen and oxygen atoms in total. The van der Waals surface area contributed by atoms with E-state index in [9.17, 15) is 9.59 Å². The summed E-state index contributed by atoms with van der Waals surface area (Å²) in [6.45, 7) is 4.38. The first-order valence-corrected chi connectivity index (χ1v) is 10.6. The zero-order valence-corrected chi connectivity index (χ0v) is 17.7. The molecule has 2 aliphatic rings. The molecule has 1 aliphatic carbocycles. The molecule has 1 aliphatic heterocycles. The SMILES string of the molecule is COC(=O)c1ccc(C(=O)Nc2ccc3c(c2)C(N2CCN(C)CC2)CCC3)cc1. The number of aryl methyl sites for hydroxylation is 1. The molecular formula is C24H29N3O3. The Kier molecular flexibility index (Phi) is 6.16. The van der Waals surface area contributed by atoms with Crippen LogP contribution in [-0.4, -0.2) is 62.0 Å². The van der Waals surface area contributed by atoms with Crippen LogP contribution in [0.3, 0.4) is 0 Å². The van der Waals surface area contributed by atoms with Crippen LogP contribution in [0, 0.1) is 0 Å². The Bertz CT molecular complexity index is 918. The van der Waals surface area contributed by atoms with Gasteiger partial charge in [-0.3, -0.25) is 9.69 Å². The largest absolute Gasteiger partial charge is 0.465 e. The molecule has 1 fully saturated rings. The Morgan fingerprint density at radius 3 is 2.40 bits per heavy atom. The van der Waals surface area contributed by atoms with Crippen molar-refractivity contribution in [2.75, 3.05) is 45.7 Å². The lowest BCUT2D eigenvalue weighted by atomic mass is 9.86. The molecule has 1 heterocycles. The first-order valence-electron chi connectivity index (χ1n) is 10.6. The lowest BCUT2D eigenvalue weighted by Crippen LogP contribution is -2.46. The quantitative estimate of drug-likeness (QED) is 0.788. The highest BCUT2D eigenvalue weighted by Crippen LogP contribution is 2.36. The molecule has 1 unspecified atom stereocenters. The van der Waals surface area contributed by atoms with E-state index in [0.717, 1.165) is 38.3 Å². The Hall–Kier alpha value is -2.70. The van der Waals surface area contributed by atoms with Gasteiger partial charge in [0.2, 0.25) is 0 Å². The maximum atomic E-state index is 12.7. The van der Waals surface area contributed by atoms with Gasteiger partial charge < -0.3 is 15.0 Å². The number of likely N-dealkylation sites (N-methyl/N-ethyl adjacent to an activating group) is 1. The summed E-state index contributed by atoms with van der Waals surface area (Å²) in [5.74, 6) is -0.593. The molecule has 1 atom stereocenters. The Morgan fingerprint density at radius 2 is 1.70 bits per heavy atom. The minimum absolute atomic E-state index is 0.182. The van der Waals surface area contributed by atoms with Gasteiger partial charge in [0, 0.05) is 43.5 Å². The number of carbonyl (C=O) groups excluding carboxylic acids is 2. The Labute approximate surface area is 177 Å². The van der Waals surface area contributed by atoms with E-state index in [2.05, 4.69) is 34.3 Å². The number of hydrogen-bond acceptors (Lipinski definition) is 5. The molecule has 2 aromatic carbocycles. The average molecular weight is 408 g/mol. The number of piperazine rings is 1. The van der Waals surface area contributed by atoms with E-state index < -0.39 is 5.97 Å². The summed E-state index contributed by atoms with van der Waals surface area (Å²) in [4.78, 5) is 29.3. The number of rotatable bonds is 4. The zero-order valence-electron chi connectivity index (χ0n) is 17.7. The van der Waals surface area contributed by atoms with E-state index in [-0.39, 0.29) is 5.91 Å². The molecule has 0 bridgehead atoms. The Morgan fingerprint density at radius 1 is 1.00 bits per heavy atom. The molecule has 0 spiro atoms. The second kappa shape index (κ2) is 8.98. The second-order valence-corrected chi connectivity index (χ2v) is 8.18. The molecule has 0 saturated carbocycles. The van der Waals surface area contributed by atoms with Crippen molar-refractivity contribution in [3.63, 3.8) is 0 Å². The molecule has 1 saturated heterocycles. The smallest absolute Gasteiger partial charge is 0.337 e. The average Bonchev–Trinajstić information content (AvgIpc) is 2.79. The van der Waals surface area contributed by atoms with Gasteiger partial charge in [0.25, 0.3) is 5.91 Å². The number of amides is 1. The van der Waals surface area contributed by atoms with E-state index in [1.807, 2.05) is 6.07 Å². The molecular weight excluding hydrogens is 378 g/mol. The van der Waals surface area contributed by atoms with Crippen molar-refractivity contribution >= 4 is 17.6 Å². The maximum Gasteiger partial charge on any atom is 0.337 e. The van der Waals surface area contributed by atoms with Crippen LogP contribution in [0.15, 0.2) is 42.5 Å². The van der Waals surface area contributed by atoms with Gasteiger partial charge in [-0.2, -0.15) is 0 Å². The first-order chi connectivity index (χ1) is 14.5. The third-order valence-electron chi connectivity index (χ3n) is 6.23. The highest BCUT2D eigenvalue weighted by molar-refractivity contribution is 6.04. The van der Waals surface area contributed by atoms with Gasteiger partial charge in [-0.25, -0.2) is 4.79 Å². The molecule has 1 N–H and O–H groups in total. The van der Waals surface area contributed by atoms with Gasteiger partial charge in [-0.05, 0) is 73.8 Å². The minimum atomic E-state index is -0.411. The molecule has 2 aromatic rings. The van der Waals surface area contributed by atoms with Crippen LogP contribution in [0.1, 0.15) is 50.7 Å². The minimum Gasteiger partial charge on any atom is -0.465 e. The summed E-state index contributed by atoms with van der Waals surface area (Å²) in [6.07, 6.45) is 3.48. The second-order valence-electron chi connectivity index (χ2n) is 8.18. The number of nitrogens with one attached hydrogen (secondary N) is 1. The zero-order chi connectivity index (χ0) is 21.1. The lowest BCUT2D eigenvalue weighted by Gasteiger charge is -2.40. The summed E-state index contributed by atoms with van der Waals surface area (Å²) in [6, 6.07) is 13.2. The van der Waals surface area contributed by atoms with Crippen molar-refractivity contribution < 1.29 is 14.3 Å². The highest BCUT2D eigenvalue weighted by atomic mass is 16.5. The molecule has 0 aromatic heterocycles. The van der Waals surface area contributed by atoms with Crippen LogP contribution in [0.5, 0.6) is 0 Å². The van der Waals surface area contributed by atoms with Crippen molar-refractivity contribution in [2.24, 2.45) is 0 Å².